The summed E-state index contributed by atoms with van der Waals surface area (Å²) in [7, 11) is 2.15. The zero-order valence-corrected chi connectivity index (χ0v) is 19.1. The smallest absolute Gasteiger partial charge is 0.225 e. The standard InChI is InChI=1S/C23H32N8O2/c1-30-10-8-20(9-11-30)33-19-6-4-18(5-7-19)31-22-21(28-29-31)13-25-23(27-22)26-17-3-2-16(12-17)14-32-15-24/h4-7,13,16-17,20H,2-3,8-12,14-15,24H2,1H3,(H,25,26,27)/t16-,17-/m1/s1. The highest BCUT2D eigenvalue weighted by atomic mass is 16.5. The molecule has 10 heteroatoms. The summed E-state index contributed by atoms with van der Waals surface area (Å²) in [6, 6.07) is 8.29. The van der Waals surface area contributed by atoms with Crippen molar-refractivity contribution in [3.8, 4) is 11.4 Å². The lowest BCUT2D eigenvalue weighted by atomic mass is 10.1. The monoisotopic (exact) mass is 452 g/mol. The minimum atomic E-state index is 0.274. The molecule has 0 amide bonds. The van der Waals surface area contributed by atoms with E-state index < -0.39 is 0 Å². The van der Waals surface area contributed by atoms with Gasteiger partial charge in [0, 0.05) is 19.1 Å². The Kier molecular flexibility index (Phi) is 6.65. The van der Waals surface area contributed by atoms with Gasteiger partial charge in [0.25, 0.3) is 0 Å². The van der Waals surface area contributed by atoms with Crippen molar-refractivity contribution in [2.24, 2.45) is 11.7 Å². The van der Waals surface area contributed by atoms with Crippen LogP contribution in [-0.2, 0) is 4.74 Å². The molecule has 1 aliphatic heterocycles. The number of benzene rings is 1. The maximum atomic E-state index is 6.17. The molecule has 1 saturated heterocycles. The molecule has 10 nitrogen and oxygen atoms in total. The van der Waals surface area contributed by atoms with E-state index in [9.17, 15) is 0 Å². The normalized spacial score (nSPS) is 22.1. The third kappa shape index (κ3) is 5.23. The summed E-state index contributed by atoms with van der Waals surface area (Å²) in [5.74, 6) is 2.00. The third-order valence-corrected chi connectivity index (χ3v) is 6.59. The number of rotatable bonds is 8. The summed E-state index contributed by atoms with van der Waals surface area (Å²) in [5.41, 5.74) is 7.67. The van der Waals surface area contributed by atoms with E-state index in [2.05, 4.69) is 32.6 Å². The summed E-state index contributed by atoms with van der Waals surface area (Å²) in [5, 5.41) is 12.0. The fourth-order valence-corrected chi connectivity index (χ4v) is 4.71. The van der Waals surface area contributed by atoms with Gasteiger partial charge >= 0.3 is 0 Å². The molecule has 2 atom stereocenters. The molecule has 2 fully saturated rings. The fraction of sp³-hybridized carbons (Fsp3) is 0.565. The molecule has 0 bridgehead atoms. The molecule has 3 aromatic rings. The second-order valence-electron chi connectivity index (χ2n) is 9.08. The molecular weight excluding hydrogens is 420 g/mol. The Labute approximate surface area is 193 Å². The summed E-state index contributed by atoms with van der Waals surface area (Å²) in [6.07, 6.45) is 7.31. The van der Waals surface area contributed by atoms with Crippen molar-refractivity contribution in [1.82, 2.24) is 29.9 Å². The summed E-state index contributed by atoms with van der Waals surface area (Å²) in [6.45, 7) is 3.14. The molecule has 33 heavy (non-hydrogen) atoms. The van der Waals surface area contributed by atoms with E-state index in [1.54, 1.807) is 10.9 Å². The molecule has 1 aromatic carbocycles. The number of nitrogens with zero attached hydrogens (tertiary/aromatic N) is 6. The first-order valence-electron chi connectivity index (χ1n) is 11.8. The van der Waals surface area contributed by atoms with Gasteiger partial charge in [0.2, 0.25) is 5.95 Å². The topological polar surface area (TPSA) is 116 Å². The molecule has 0 unspecified atom stereocenters. The number of piperidine rings is 1. The van der Waals surface area contributed by atoms with Crippen LogP contribution in [-0.4, -0.2) is 75.5 Å². The fourth-order valence-electron chi connectivity index (χ4n) is 4.71. The largest absolute Gasteiger partial charge is 0.490 e. The SMILES string of the molecule is CN1CCC(Oc2ccc(-n3nnc4cnc(N[C@@H]5CC[C@@H](COCN)C5)nc43)cc2)CC1. The lowest BCUT2D eigenvalue weighted by molar-refractivity contribution is 0.107. The molecule has 3 heterocycles. The maximum Gasteiger partial charge on any atom is 0.225 e. The number of fused-ring (bicyclic) bond motifs is 1. The lowest BCUT2D eigenvalue weighted by Gasteiger charge is -2.29. The van der Waals surface area contributed by atoms with E-state index in [4.69, 9.17) is 20.2 Å². The number of hydrogen-bond acceptors (Lipinski definition) is 9. The predicted molar refractivity (Wildman–Crippen MR) is 125 cm³/mol. The van der Waals surface area contributed by atoms with Crippen LogP contribution in [0.2, 0.25) is 0 Å². The minimum absolute atomic E-state index is 0.274. The van der Waals surface area contributed by atoms with Crippen LogP contribution >= 0.6 is 0 Å². The number of likely N-dealkylation sites (tertiary alicyclic amines) is 1. The van der Waals surface area contributed by atoms with E-state index in [1.807, 2.05) is 24.3 Å². The van der Waals surface area contributed by atoms with Gasteiger partial charge in [0.1, 0.15) is 11.9 Å². The Bertz CT molecular complexity index is 1050. The van der Waals surface area contributed by atoms with Gasteiger partial charge < -0.3 is 25.4 Å². The lowest BCUT2D eigenvalue weighted by Crippen LogP contribution is -2.35. The molecule has 0 radical (unpaired) electrons. The summed E-state index contributed by atoms with van der Waals surface area (Å²) < 4.78 is 13.3. The highest BCUT2D eigenvalue weighted by Gasteiger charge is 2.25. The molecule has 1 aliphatic carbocycles. The predicted octanol–water partition coefficient (Wildman–Crippen LogP) is 2.20. The van der Waals surface area contributed by atoms with Gasteiger partial charge in [0.15, 0.2) is 11.2 Å². The second kappa shape index (κ2) is 9.98. The zero-order valence-electron chi connectivity index (χ0n) is 19.1. The second-order valence-corrected chi connectivity index (χ2v) is 9.08. The van der Waals surface area contributed by atoms with Crippen molar-refractivity contribution in [1.29, 1.82) is 0 Å². The Morgan fingerprint density at radius 3 is 2.73 bits per heavy atom. The average molecular weight is 453 g/mol. The Morgan fingerprint density at radius 2 is 1.94 bits per heavy atom. The van der Waals surface area contributed by atoms with Crippen LogP contribution in [0.1, 0.15) is 32.1 Å². The number of ether oxygens (including phenoxy) is 2. The molecule has 3 N–H and O–H groups in total. The van der Waals surface area contributed by atoms with Gasteiger partial charge in [-0.15, -0.1) is 5.10 Å². The van der Waals surface area contributed by atoms with Crippen LogP contribution in [0.15, 0.2) is 30.5 Å². The van der Waals surface area contributed by atoms with Crippen LogP contribution in [0, 0.1) is 5.92 Å². The number of nitrogens with two attached hydrogens (primary N) is 1. The van der Waals surface area contributed by atoms with Crippen molar-refractivity contribution >= 4 is 17.1 Å². The summed E-state index contributed by atoms with van der Waals surface area (Å²) in [4.78, 5) is 11.5. The zero-order chi connectivity index (χ0) is 22.6. The van der Waals surface area contributed by atoms with Gasteiger partial charge in [-0.05, 0) is 69.3 Å². The van der Waals surface area contributed by atoms with Gasteiger partial charge in [-0.2, -0.15) is 9.67 Å². The first-order valence-corrected chi connectivity index (χ1v) is 11.8. The van der Waals surface area contributed by atoms with Crippen molar-refractivity contribution in [2.75, 3.05) is 38.8 Å². The van der Waals surface area contributed by atoms with Crippen LogP contribution in [0.4, 0.5) is 5.95 Å². The first-order chi connectivity index (χ1) is 16.2. The third-order valence-electron chi connectivity index (χ3n) is 6.59. The Morgan fingerprint density at radius 1 is 1.12 bits per heavy atom. The van der Waals surface area contributed by atoms with E-state index >= 15 is 0 Å². The van der Waals surface area contributed by atoms with Crippen molar-refractivity contribution in [3.63, 3.8) is 0 Å². The van der Waals surface area contributed by atoms with Gasteiger partial charge in [-0.3, -0.25) is 0 Å². The molecule has 176 valence electrons. The molecular formula is C23H32N8O2. The quantitative estimate of drug-likeness (QED) is 0.496. The number of aromatic nitrogens is 5. The minimum Gasteiger partial charge on any atom is -0.490 e. The average Bonchev–Trinajstić information content (AvgIpc) is 3.46. The molecule has 5 rings (SSSR count). The Hall–Kier alpha value is -2.82. The first kappa shape index (κ1) is 22.0. The van der Waals surface area contributed by atoms with Crippen LogP contribution < -0.4 is 15.8 Å². The number of nitrogens with one attached hydrogen (secondary N) is 1. The number of anilines is 1. The van der Waals surface area contributed by atoms with Crippen molar-refractivity contribution in [3.05, 3.63) is 30.5 Å². The van der Waals surface area contributed by atoms with Crippen LogP contribution in [0.25, 0.3) is 16.9 Å². The van der Waals surface area contributed by atoms with E-state index in [-0.39, 0.29) is 12.8 Å². The van der Waals surface area contributed by atoms with Crippen LogP contribution in [0.5, 0.6) is 5.75 Å². The van der Waals surface area contributed by atoms with E-state index in [0.717, 1.165) is 56.6 Å². The van der Waals surface area contributed by atoms with Crippen molar-refractivity contribution in [2.45, 2.75) is 44.2 Å². The van der Waals surface area contributed by atoms with Gasteiger partial charge in [-0.25, -0.2) is 4.98 Å². The highest BCUT2D eigenvalue weighted by molar-refractivity contribution is 5.72. The Balaban J connectivity index is 1.26. The molecule has 2 aliphatic rings. The van der Waals surface area contributed by atoms with Crippen LogP contribution in [0.3, 0.4) is 0 Å². The maximum absolute atomic E-state index is 6.17. The molecule has 0 spiro atoms. The molecule has 1 saturated carbocycles. The van der Waals surface area contributed by atoms with E-state index in [1.165, 1.54) is 0 Å². The highest BCUT2D eigenvalue weighted by Crippen LogP contribution is 2.28. The van der Waals surface area contributed by atoms with Crippen molar-refractivity contribution < 1.29 is 9.47 Å². The van der Waals surface area contributed by atoms with Gasteiger partial charge in [0.05, 0.1) is 25.2 Å². The van der Waals surface area contributed by atoms with E-state index in [0.29, 0.717) is 35.7 Å². The summed E-state index contributed by atoms with van der Waals surface area (Å²) >= 11 is 0. The number of hydrogen-bond donors (Lipinski definition) is 2. The molecule has 2 aromatic heterocycles. The van der Waals surface area contributed by atoms with Gasteiger partial charge in [-0.1, -0.05) is 5.21 Å².